The number of anilines is 1. The van der Waals surface area contributed by atoms with Gasteiger partial charge in [-0.25, -0.2) is 4.39 Å². The third kappa shape index (κ3) is 5.37. The van der Waals surface area contributed by atoms with Crippen molar-refractivity contribution < 1.29 is 13.9 Å². The molecule has 7 heteroatoms. The van der Waals surface area contributed by atoms with Gasteiger partial charge >= 0.3 is 0 Å². The minimum Gasteiger partial charge on any atom is -0.492 e. The van der Waals surface area contributed by atoms with Gasteiger partial charge in [-0.1, -0.05) is 6.07 Å². The molecule has 1 atom stereocenters. The summed E-state index contributed by atoms with van der Waals surface area (Å²) in [6.07, 6.45) is 1.77. The Kier molecular flexibility index (Phi) is 6.14. The SMILES string of the molecule is CN(C[C@H]1CN(CCOc2cccc(F)c2)CCO1)c1cccnn1. The number of hydrogen-bond acceptors (Lipinski definition) is 6. The van der Waals surface area contributed by atoms with Crippen LogP contribution in [0.5, 0.6) is 5.75 Å². The Morgan fingerprint density at radius 2 is 2.28 bits per heavy atom. The second-order valence-electron chi connectivity index (χ2n) is 6.06. The number of halogens is 1. The molecule has 1 aromatic heterocycles. The number of ether oxygens (including phenoxy) is 2. The fourth-order valence-electron chi connectivity index (χ4n) is 2.84. The summed E-state index contributed by atoms with van der Waals surface area (Å²) in [6, 6.07) is 10.0. The number of benzene rings is 1. The van der Waals surface area contributed by atoms with Crippen LogP contribution in [0, 0.1) is 5.82 Å². The lowest BCUT2D eigenvalue weighted by Gasteiger charge is -2.34. The average molecular weight is 346 g/mol. The van der Waals surface area contributed by atoms with Gasteiger partial charge in [-0.15, -0.1) is 5.10 Å². The Morgan fingerprint density at radius 1 is 1.36 bits per heavy atom. The summed E-state index contributed by atoms with van der Waals surface area (Å²) in [5.41, 5.74) is 0. The lowest BCUT2D eigenvalue weighted by Crippen LogP contribution is -2.48. The number of nitrogens with zero attached hydrogens (tertiary/aromatic N) is 4. The van der Waals surface area contributed by atoms with Gasteiger partial charge in [-0.3, -0.25) is 4.90 Å². The number of aromatic nitrogens is 2. The van der Waals surface area contributed by atoms with Crippen LogP contribution in [0.2, 0.25) is 0 Å². The Hall–Kier alpha value is -2.25. The van der Waals surface area contributed by atoms with Crippen molar-refractivity contribution in [3.63, 3.8) is 0 Å². The van der Waals surface area contributed by atoms with Crippen LogP contribution in [0.3, 0.4) is 0 Å². The summed E-state index contributed by atoms with van der Waals surface area (Å²) in [5, 5.41) is 8.01. The van der Waals surface area contributed by atoms with E-state index in [0.717, 1.165) is 32.0 Å². The van der Waals surface area contributed by atoms with Crippen LogP contribution >= 0.6 is 0 Å². The fourth-order valence-corrected chi connectivity index (χ4v) is 2.84. The molecule has 1 aromatic carbocycles. The van der Waals surface area contributed by atoms with E-state index in [1.165, 1.54) is 12.1 Å². The van der Waals surface area contributed by atoms with Gasteiger partial charge in [0.15, 0.2) is 5.82 Å². The molecule has 0 saturated carbocycles. The molecule has 1 saturated heterocycles. The van der Waals surface area contributed by atoms with Gasteiger partial charge in [0.25, 0.3) is 0 Å². The molecule has 0 unspecified atom stereocenters. The second kappa shape index (κ2) is 8.73. The van der Waals surface area contributed by atoms with E-state index in [1.54, 1.807) is 18.3 Å². The summed E-state index contributed by atoms with van der Waals surface area (Å²) in [6.45, 7) is 4.45. The van der Waals surface area contributed by atoms with E-state index < -0.39 is 0 Å². The minimum absolute atomic E-state index is 0.106. The number of morpholine rings is 1. The lowest BCUT2D eigenvalue weighted by molar-refractivity contribution is -0.0266. The van der Waals surface area contributed by atoms with Crippen molar-refractivity contribution in [1.82, 2.24) is 15.1 Å². The van der Waals surface area contributed by atoms with Crippen LogP contribution in [0.15, 0.2) is 42.6 Å². The summed E-state index contributed by atoms with van der Waals surface area (Å²) in [5.74, 6) is 1.11. The van der Waals surface area contributed by atoms with Crippen LogP contribution in [0.1, 0.15) is 0 Å². The first kappa shape index (κ1) is 17.6. The van der Waals surface area contributed by atoms with Gasteiger partial charge in [0.05, 0.1) is 12.7 Å². The summed E-state index contributed by atoms with van der Waals surface area (Å²) >= 11 is 0. The van der Waals surface area contributed by atoms with Gasteiger partial charge in [0, 0.05) is 45.5 Å². The first-order chi connectivity index (χ1) is 12.2. The van der Waals surface area contributed by atoms with Crippen LogP contribution in [-0.4, -0.2) is 67.6 Å². The molecule has 134 valence electrons. The van der Waals surface area contributed by atoms with E-state index in [9.17, 15) is 4.39 Å². The first-order valence-electron chi connectivity index (χ1n) is 8.42. The zero-order valence-corrected chi connectivity index (χ0v) is 14.3. The van der Waals surface area contributed by atoms with Gasteiger partial charge in [-0.05, 0) is 24.3 Å². The standard InChI is InChI=1S/C18H23FN4O2/c1-22(18-6-3-7-20-21-18)13-17-14-23(9-11-25-17)8-10-24-16-5-2-4-15(19)12-16/h2-7,12,17H,8-11,13-14H2,1H3/t17-/m0/s1. The van der Waals surface area contributed by atoms with Crippen molar-refractivity contribution in [2.45, 2.75) is 6.10 Å². The molecule has 6 nitrogen and oxygen atoms in total. The van der Waals surface area contributed by atoms with Crippen molar-refractivity contribution in [2.75, 3.05) is 51.3 Å². The van der Waals surface area contributed by atoms with Crippen molar-refractivity contribution in [2.24, 2.45) is 0 Å². The molecular formula is C18H23FN4O2. The monoisotopic (exact) mass is 346 g/mol. The van der Waals surface area contributed by atoms with E-state index in [4.69, 9.17) is 9.47 Å². The average Bonchev–Trinajstić information content (AvgIpc) is 2.63. The molecule has 3 rings (SSSR count). The molecular weight excluding hydrogens is 323 g/mol. The second-order valence-corrected chi connectivity index (χ2v) is 6.06. The van der Waals surface area contributed by atoms with Crippen molar-refractivity contribution in [1.29, 1.82) is 0 Å². The summed E-state index contributed by atoms with van der Waals surface area (Å²) < 4.78 is 24.6. The highest BCUT2D eigenvalue weighted by atomic mass is 19.1. The highest BCUT2D eigenvalue weighted by molar-refractivity contribution is 5.35. The molecule has 1 fully saturated rings. The molecule has 1 aliphatic heterocycles. The maximum absolute atomic E-state index is 13.1. The molecule has 0 bridgehead atoms. The smallest absolute Gasteiger partial charge is 0.151 e. The Bertz CT molecular complexity index is 659. The lowest BCUT2D eigenvalue weighted by atomic mass is 10.2. The molecule has 1 aliphatic rings. The predicted molar refractivity (Wildman–Crippen MR) is 93.4 cm³/mol. The van der Waals surface area contributed by atoms with Gasteiger partial charge in [0.1, 0.15) is 18.2 Å². The molecule has 0 amide bonds. The van der Waals surface area contributed by atoms with E-state index in [2.05, 4.69) is 15.1 Å². The topological polar surface area (TPSA) is 50.7 Å². The Labute approximate surface area is 147 Å². The highest BCUT2D eigenvalue weighted by Gasteiger charge is 2.22. The summed E-state index contributed by atoms with van der Waals surface area (Å²) in [4.78, 5) is 4.35. The maximum atomic E-state index is 13.1. The van der Waals surface area contributed by atoms with Crippen molar-refractivity contribution in [3.05, 3.63) is 48.4 Å². The van der Waals surface area contributed by atoms with Gasteiger partial charge in [0.2, 0.25) is 0 Å². The molecule has 0 N–H and O–H groups in total. The summed E-state index contributed by atoms with van der Waals surface area (Å²) in [7, 11) is 1.99. The predicted octanol–water partition coefficient (Wildman–Crippen LogP) is 1.83. The normalized spacial score (nSPS) is 18.1. The van der Waals surface area contributed by atoms with Crippen molar-refractivity contribution in [3.8, 4) is 5.75 Å². The van der Waals surface area contributed by atoms with Crippen molar-refractivity contribution >= 4 is 5.82 Å². The van der Waals surface area contributed by atoms with E-state index in [-0.39, 0.29) is 11.9 Å². The van der Waals surface area contributed by atoms with E-state index in [0.29, 0.717) is 19.0 Å². The number of rotatable bonds is 7. The first-order valence-corrected chi connectivity index (χ1v) is 8.42. The molecule has 0 radical (unpaired) electrons. The quantitative estimate of drug-likeness (QED) is 0.762. The van der Waals surface area contributed by atoms with Gasteiger partial charge < -0.3 is 14.4 Å². The van der Waals surface area contributed by atoms with Gasteiger partial charge in [-0.2, -0.15) is 5.10 Å². The Morgan fingerprint density at radius 3 is 3.08 bits per heavy atom. The maximum Gasteiger partial charge on any atom is 0.151 e. The number of likely N-dealkylation sites (N-methyl/N-ethyl adjacent to an activating group) is 1. The molecule has 2 aromatic rings. The molecule has 0 spiro atoms. The Balaban J connectivity index is 1.43. The minimum atomic E-state index is -0.281. The fraction of sp³-hybridized carbons (Fsp3) is 0.444. The molecule has 0 aliphatic carbocycles. The highest BCUT2D eigenvalue weighted by Crippen LogP contribution is 2.13. The van der Waals surface area contributed by atoms with E-state index >= 15 is 0 Å². The zero-order chi connectivity index (χ0) is 17.5. The largest absolute Gasteiger partial charge is 0.492 e. The molecule has 25 heavy (non-hydrogen) atoms. The number of hydrogen-bond donors (Lipinski definition) is 0. The third-order valence-electron chi connectivity index (χ3n) is 4.12. The third-order valence-corrected chi connectivity index (χ3v) is 4.12. The van der Waals surface area contributed by atoms with Crippen LogP contribution in [0.4, 0.5) is 10.2 Å². The molecule has 2 heterocycles. The van der Waals surface area contributed by atoms with E-state index in [1.807, 2.05) is 24.1 Å². The van der Waals surface area contributed by atoms with Crippen LogP contribution in [-0.2, 0) is 4.74 Å². The zero-order valence-electron chi connectivity index (χ0n) is 14.3. The van der Waals surface area contributed by atoms with Crippen LogP contribution < -0.4 is 9.64 Å². The van der Waals surface area contributed by atoms with Crippen LogP contribution in [0.25, 0.3) is 0 Å².